The average molecular weight is 362 g/mol. The molecule has 0 aromatic carbocycles. The molecule has 0 aromatic rings. The Morgan fingerprint density at radius 2 is 1.92 bits per heavy atom. The molecular formula is C16H30N2O5S. The van der Waals surface area contributed by atoms with Gasteiger partial charge in [-0.25, -0.2) is 13.1 Å². The summed E-state index contributed by atoms with van der Waals surface area (Å²) in [6.45, 7) is 1.78. The number of aliphatic hydroxyl groups is 1. The Labute approximate surface area is 144 Å². The Kier molecular flexibility index (Phi) is 7.46. The van der Waals surface area contributed by atoms with Gasteiger partial charge < -0.3 is 15.2 Å². The first kappa shape index (κ1) is 19.6. The smallest absolute Gasteiger partial charge is 0.223 e. The van der Waals surface area contributed by atoms with Gasteiger partial charge in [0.2, 0.25) is 15.9 Å². The maximum absolute atomic E-state index is 12.2. The van der Waals surface area contributed by atoms with Crippen LogP contribution < -0.4 is 10.0 Å². The van der Waals surface area contributed by atoms with Gasteiger partial charge in [-0.3, -0.25) is 4.79 Å². The van der Waals surface area contributed by atoms with Gasteiger partial charge in [0.25, 0.3) is 0 Å². The number of rotatable bonds is 8. The van der Waals surface area contributed by atoms with Crippen molar-refractivity contribution in [2.45, 2.75) is 70.1 Å². The molecule has 2 aliphatic rings. The lowest BCUT2D eigenvalue weighted by molar-refractivity contribution is -0.131. The van der Waals surface area contributed by atoms with Crippen molar-refractivity contribution >= 4 is 15.9 Å². The Balaban J connectivity index is 1.77. The Hall–Kier alpha value is -0.700. The largest absolute Gasteiger partial charge is 0.394 e. The van der Waals surface area contributed by atoms with Gasteiger partial charge in [0.15, 0.2) is 0 Å². The molecular weight excluding hydrogens is 332 g/mol. The van der Waals surface area contributed by atoms with Gasteiger partial charge in [0.1, 0.15) is 6.10 Å². The molecule has 0 aromatic heterocycles. The lowest BCUT2D eigenvalue weighted by Crippen LogP contribution is -2.52. The maximum Gasteiger partial charge on any atom is 0.223 e. The molecule has 1 aliphatic carbocycles. The molecule has 1 heterocycles. The predicted octanol–water partition coefficient (Wildman–Crippen LogP) is 0.531. The fraction of sp³-hybridized carbons (Fsp3) is 0.938. The summed E-state index contributed by atoms with van der Waals surface area (Å²) in [6, 6.07) is -0.160. The fourth-order valence-electron chi connectivity index (χ4n) is 3.48. The van der Waals surface area contributed by atoms with Gasteiger partial charge in [-0.15, -0.1) is 0 Å². The highest BCUT2D eigenvalue weighted by molar-refractivity contribution is 7.89. The van der Waals surface area contributed by atoms with Crippen molar-refractivity contribution in [1.29, 1.82) is 0 Å². The van der Waals surface area contributed by atoms with E-state index in [0.29, 0.717) is 13.0 Å². The van der Waals surface area contributed by atoms with Crippen LogP contribution in [0.2, 0.25) is 0 Å². The first-order valence-corrected chi connectivity index (χ1v) is 10.6. The minimum Gasteiger partial charge on any atom is -0.394 e. The molecule has 3 N–H and O–H groups in total. The van der Waals surface area contributed by atoms with Gasteiger partial charge >= 0.3 is 0 Å². The predicted molar refractivity (Wildman–Crippen MR) is 91.0 cm³/mol. The van der Waals surface area contributed by atoms with E-state index in [0.717, 1.165) is 38.5 Å². The average Bonchev–Trinajstić information content (AvgIpc) is 3.10. The van der Waals surface area contributed by atoms with Crippen molar-refractivity contribution < 1.29 is 23.1 Å². The van der Waals surface area contributed by atoms with E-state index in [-0.39, 0.29) is 36.3 Å². The third kappa shape index (κ3) is 5.68. The van der Waals surface area contributed by atoms with E-state index in [1.165, 1.54) is 0 Å². The summed E-state index contributed by atoms with van der Waals surface area (Å²) in [5.41, 5.74) is 0. The molecule has 3 atom stereocenters. The topological polar surface area (TPSA) is 105 Å². The maximum atomic E-state index is 12.2. The van der Waals surface area contributed by atoms with Crippen LogP contribution in [0.5, 0.6) is 0 Å². The minimum absolute atomic E-state index is 0.0626. The number of aliphatic hydroxyl groups excluding tert-OH is 1. The first-order chi connectivity index (χ1) is 11.4. The van der Waals surface area contributed by atoms with E-state index in [2.05, 4.69) is 10.0 Å². The molecule has 1 aliphatic heterocycles. The van der Waals surface area contributed by atoms with Crippen LogP contribution in [-0.4, -0.2) is 56.6 Å². The Morgan fingerprint density at radius 1 is 1.21 bits per heavy atom. The summed E-state index contributed by atoms with van der Waals surface area (Å²) in [5, 5.41) is 12.6. The van der Waals surface area contributed by atoms with Crippen molar-refractivity contribution in [1.82, 2.24) is 10.0 Å². The quantitative estimate of drug-likeness (QED) is 0.584. The van der Waals surface area contributed by atoms with Crippen molar-refractivity contribution in [3.8, 4) is 0 Å². The number of nitrogens with one attached hydrogen (secondary N) is 2. The van der Waals surface area contributed by atoms with Gasteiger partial charge in [-0.05, 0) is 39.0 Å². The van der Waals surface area contributed by atoms with E-state index in [9.17, 15) is 18.3 Å². The van der Waals surface area contributed by atoms with Crippen LogP contribution in [0.25, 0.3) is 0 Å². The molecule has 1 amide bonds. The third-order valence-corrected chi connectivity index (χ3v) is 6.42. The minimum atomic E-state index is -3.19. The zero-order chi connectivity index (χ0) is 17.6. The summed E-state index contributed by atoms with van der Waals surface area (Å²) in [5.74, 6) is 0.242. The van der Waals surface area contributed by atoms with Gasteiger partial charge in [0, 0.05) is 12.5 Å². The Bertz CT molecular complexity index is 505. The van der Waals surface area contributed by atoms with Crippen LogP contribution >= 0.6 is 0 Å². The monoisotopic (exact) mass is 362 g/mol. The number of sulfonamides is 1. The number of hydrogen-bond acceptors (Lipinski definition) is 5. The number of hydrogen-bond donors (Lipinski definition) is 3. The van der Waals surface area contributed by atoms with Crippen LogP contribution in [0.4, 0.5) is 0 Å². The zero-order valence-corrected chi connectivity index (χ0v) is 15.2. The standard InChI is InChI=1S/C16H30N2O5S/c1-2-24(21,22)17-10-9-13-7-8-14(15(11-19)23-13)18-16(20)12-5-3-4-6-12/h12-15,17,19H,2-11H2,1H3,(H,18,20)/t13-,14+,15-/m0/s1. The van der Waals surface area contributed by atoms with Crippen molar-refractivity contribution in [3.05, 3.63) is 0 Å². The molecule has 0 radical (unpaired) electrons. The summed E-state index contributed by atoms with van der Waals surface area (Å²) < 4.78 is 31.2. The normalized spacial score (nSPS) is 28.8. The summed E-state index contributed by atoms with van der Waals surface area (Å²) in [4.78, 5) is 12.2. The van der Waals surface area contributed by atoms with E-state index in [4.69, 9.17) is 4.74 Å². The summed E-state index contributed by atoms with van der Waals surface area (Å²) in [7, 11) is -3.19. The second-order valence-electron chi connectivity index (χ2n) is 6.74. The summed E-state index contributed by atoms with van der Waals surface area (Å²) in [6.07, 6.45) is 5.66. The third-order valence-electron chi connectivity index (χ3n) is 5.02. The van der Waals surface area contributed by atoms with Crippen LogP contribution in [0.1, 0.15) is 51.9 Å². The molecule has 2 rings (SSSR count). The second kappa shape index (κ2) is 9.12. The highest BCUT2D eigenvalue weighted by Crippen LogP contribution is 2.26. The number of carbonyl (C=O) groups is 1. The highest BCUT2D eigenvalue weighted by atomic mass is 32.2. The molecule has 140 valence electrons. The van der Waals surface area contributed by atoms with Gasteiger partial charge in [-0.1, -0.05) is 12.8 Å². The molecule has 8 heteroatoms. The lowest BCUT2D eigenvalue weighted by atomic mass is 9.96. The molecule has 24 heavy (non-hydrogen) atoms. The van der Waals surface area contributed by atoms with Crippen molar-refractivity contribution in [3.63, 3.8) is 0 Å². The SMILES string of the molecule is CCS(=O)(=O)NCC[C@@H]1CC[C@@H](NC(=O)C2CCCC2)[C@H](CO)O1. The number of carbonyl (C=O) groups excluding carboxylic acids is 1. The highest BCUT2D eigenvalue weighted by Gasteiger charge is 2.33. The van der Waals surface area contributed by atoms with Crippen LogP contribution in [-0.2, 0) is 19.6 Å². The first-order valence-electron chi connectivity index (χ1n) is 8.99. The zero-order valence-electron chi connectivity index (χ0n) is 14.4. The number of ether oxygens (including phenoxy) is 1. The molecule has 0 unspecified atom stereocenters. The molecule has 7 nitrogen and oxygen atoms in total. The van der Waals surface area contributed by atoms with Crippen LogP contribution in [0.3, 0.4) is 0 Å². The molecule has 1 saturated heterocycles. The molecule has 2 fully saturated rings. The van der Waals surface area contributed by atoms with E-state index in [1.807, 2.05) is 0 Å². The Morgan fingerprint density at radius 3 is 2.54 bits per heavy atom. The lowest BCUT2D eigenvalue weighted by Gasteiger charge is -2.36. The van der Waals surface area contributed by atoms with Crippen LogP contribution in [0.15, 0.2) is 0 Å². The molecule has 0 bridgehead atoms. The second-order valence-corrected chi connectivity index (χ2v) is 8.83. The van der Waals surface area contributed by atoms with E-state index >= 15 is 0 Å². The van der Waals surface area contributed by atoms with Gasteiger partial charge in [-0.2, -0.15) is 0 Å². The molecule has 1 saturated carbocycles. The van der Waals surface area contributed by atoms with E-state index < -0.39 is 16.1 Å². The van der Waals surface area contributed by atoms with Gasteiger partial charge in [0.05, 0.1) is 24.5 Å². The van der Waals surface area contributed by atoms with Crippen molar-refractivity contribution in [2.75, 3.05) is 18.9 Å². The fourth-order valence-corrected chi connectivity index (χ4v) is 4.11. The van der Waals surface area contributed by atoms with E-state index in [1.54, 1.807) is 6.92 Å². The molecule has 0 spiro atoms. The van der Waals surface area contributed by atoms with Crippen LogP contribution in [0, 0.1) is 5.92 Å². The van der Waals surface area contributed by atoms with Crippen molar-refractivity contribution in [2.24, 2.45) is 5.92 Å². The summed E-state index contributed by atoms with van der Waals surface area (Å²) >= 11 is 0. The number of amides is 1.